The zero-order valence-corrected chi connectivity index (χ0v) is 15.9. The highest BCUT2D eigenvalue weighted by Gasteiger charge is 2.13. The molecule has 0 aliphatic carbocycles. The van der Waals surface area contributed by atoms with Gasteiger partial charge < -0.3 is 10.6 Å². The molecule has 1 aromatic heterocycles. The average molecular weight is 342 g/mol. The Morgan fingerprint density at radius 3 is 2.52 bits per heavy atom. The first-order valence-corrected chi connectivity index (χ1v) is 9.07. The summed E-state index contributed by atoms with van der Waals surface area (Å²) in [5.41, 5.74) is 5.86. The van der Waals surface area contributed by atoms with Gasteiger partial charge in [-0.15, -0.1) is 0 Å². The lowest BCUT2D eigenvalue weighted by molar-refractivity contribution is -0.121. The first kappa shape index (κ1) is 19.2. The lowest BCUT2D eigenvalue weighted by atomic mass is 10.1. The molecule has 136 valence electrons. The van der Waals surface area contributed by atoms with Crippen LogP contribution in [0.4, 0.5) is 0 Å². The molecule has 25 heavy (non-hydrogen) atoms. The van der Waals surface area contributed by atoms with Crippen molar-refractivity contribution in [3.8, 4) is 0 Å². The van der Waals surface area contributed by atoms with E-state index in [1.165, 1.54) is 16.7 Å². The molecule has 0 aliphatic heterocycles. The molecule has 0 saturated carbocycles. The molecular weight excluding hydrogens is 312 g/mol. The van der Waals surface area contributed by atoms with Gasteiger partial charge >= 0.3 is 0 Å². The molecule has 2 aromatic rings. The first-order chi connectivity index (χ1) is 12.0. The van der Waals surface area contributed by atoms with Gasteiger partial charge in [-0.25, -0.2) is 0 Å². The van der Waals surface area contributed by atoms with E-state index in [0.717, 1.165) is 37.4 Å². The van der Waals surface area contributed by atoms with Gasteiger partial charge in [0.15, 0.2) is 0 Å². The van der Waals surface area contributed by atoms with Gasteiger partial charge in [-0.2, -0.15) is 5.10 Å². The number of carbonyl (C=O) groups is 1. The summed E-state index contributed by atoms with van der Waals surface area (Å²) in [7, 11) is 0. The molecule has 1 aromatic carbocycles. The summed E-state index contributed by atoms with van der Waals surface area (Å²) in [5, 5.41) is 10.8. The van der Waals surface area contributed by atoms with E-state index < -0.39 is 0 Å². The highest BCUT2D eigenvalue weighted by molar-refractivity contribution is 5.76. The van der Waals surface area contributed by atoms with Crippen molar-refractivity contribution in [2.24, 2.45) is 0 Å². The van der Waals surface area contributed by atoms with Crippen molar-refractivity contribution in [2.75, 3.05) is 19.6 Å². The van der Waals surface area contributed by atoms with Crippen molar-refractivity contribution >= 4 is 5.91 Å². The largest absolute Gasteiger partial charge is 0.355 e. The average Bonchev–Trinajstić information content (AvgIpc) is 2.85. The van der Waals surface area contributed by atoms with Crippen molar-refractivity contribution in [1.82, 2.24) is 20.4 Å². The fourth-order valence-corrected chi connectivity index (χ4v) is 2.91. The lowest BCUT2D eigenvalue weighted by Gasteiger charge is -2.07. The number of aryl methyl sites for hydroxylation is 2. The summed E-state index contributed by atoms with van der Waals surface area (Å²) in [6.07, 6.45) is 1.24. The summed E-state index contributed by atoms with van der Waals surface area (Å²) in [5.74, 6) is 0.1000. The van der Waals surface area contributed by atoms with E-state index in [1.807, 2.05) is 11.6 Å². The van der Waals surface area contributed by atoms with Gasteiger partial charge in [0.05, 0.1) is 12.2 Å². The van der Waals surface area contributed by atoms with E-state index in [4.69, 9.17) is 0 Å². The number of rotatable bonds is 9. The van der Waals surface area contributed by atoms with Crippen LogP contribution >= 0.6 is 0 Å². The van der Waals surface area contributed by atoms with Crippen LogP contribution in [0.25, 0.3) is 0 Å². The minimum absolute atomic E-state index is 0.1000. The third-order valence-corrected chi connectivity index (χ3v) is 4.46. The SMILES string of the molecule is CCNCCNC(=O)CCc1c(C)nn(Cc2ccc(C)cc2)c1C. The molecule has 5 heteroatoms. The number of hydrogen-bond acceptors (Lipinski definition) is 3. The van der Waals surface area contributed by atoms with Crippen molar-refractivity contribution in [1.29, 1.82) is 0 Å². The van der Waals surface area contributed by atoms with Gasteiger partial charge in [0.25, 0.3) is 0 Å². The Bertz CT molecular complexity index is 688. The zero-order chi connectivity index (χ0) is 18.2. The molecular formula is C20H30N4O. The highest BCUT2D eigenvalue weighted by Crippen LogP contribution is 2.17. The smallest absolute Gasteiger partial charge is 0.220 e. The molecule has 1 amide bonds. The number of amides is 1. The first-order valence-electron chi connectivity index (χ1n) is 9.07. The molecule has 0 atom stereocenters. The molecule has 0 bridgehead atoms. The molecule has 0 fully saturated rings. The normalized spacial score (nSPS) is 10.9. The summed E-state index contributed by atoms with van der Waals surface area (Å²) in [6, 6.07) is 8.53. The molecule has 2 rings (SSSR count). The summed E-state index contributed by atoms with van der Waals surface area (Å²) >= 11 is 0. The number of hydrogen-bond donors (Lipinski definition) is 2. The molecule has 0 saturated heterocycles. The van der Waals surface area contributed by atoms with Gasteiger partial charge in [0, 0.05) is 25.2 Å². The van der Waals surface area contributed by atoms with Crippen LogP contribution in [0.15, 0.2) is 24.3 Å². The van der Waals surface area contributed by atoms with Crippen molar-refractivity contribution in [3.05, 3.63) is 52.3 Å². The predicted molar refractivity (Wildman–Crippen MR) is 102 cm³/mol. The van der Waals surface area contributed by atoms with Gasteiger partial charge in [0.1, 0.15) is 0 Å². The van der Waals surface area contributed by atoms with Crippen LogP contribution in [0.3, 0.4) is 0 Å². The minimum atomic E-state index is 0.1000. The van der Waals surface area contributed by atoms with E-state index in [1.54, 1.807) is 0 Å². The van der Waals surface area contributed by atoms with E-state index in [-0.39, 0.29) is 5.91 Å². The molecule has 5 nitrogen and oxygen atoms in total. The Kier molecular flexibility index (Phi) is 7.19. The molecule has 0 aliphatic rings. The molecule has 0 unspecified atom stereocenters. The van der Waals surface area contributed by atoms with Crippen molar-refractivity contribution < 1.29 is 4.79 Å². The highest BCUT2D eigenvalue weighted by atomic mass is 16.1. The molecule has 0 spiro atoms. The van der Waals surface area contributed by atoms with Gasteiger partial charge in [0.2, 0.25) is 5.91 Å². The summed E-state index contributed by atoms with van der Waals surface area (Å²) < 4.78 is 2.04. The number of nitrogens with zero attached hydrogens (tertiary/aromatic N) is 2. The van der Waals surface area contributed by atoms with Crippen molar-refractivity contribution in [3.63, 3.8) is 0 Å². The second-order valence-corrected chi connectivity index (χ2v) is 6.50. The van der Waals surface area contributed by atoms with Crippen LogP contribution < -0.4 is 10.6 Å². The van der Waals surface area contributed by atoms with Gasteiger partial charge in [-0.3, -0.25) is 9.48 Å². The number of nitrogens with one attached hydrogen (secondary N) is 2. The number of benzene rings is 1. The van der Waals surface area contributed by atoms with Crippen LogP contribution in [-0.2, 0) is 17.8 Å². The number of aromatic nitrogens is 2. The fourth-order valence-electron chi connectivity index (χ4n) is 2.91. The van der Waals surface area contributed by atoms with E-state index in [9.17, 15) is 4.79 Å². The van der Waals surface area contributed by atoms with Crippen LogP contribution in [0.5, 0.6) is 0 Å². The Hall–Kier alpha value is -2.14. The Morgan fingerprint density at radius 2 is 1.84 bits per heavy atom. The topological polar surface area (TPSA) is 58.9 Å². The van der Waals surface area contributed by atoms with Gasteiger partial charge in [-0.05, 0) is 44.9 Å². The predicted octanol–water partition coefficient (Wildman–Crippen LogP) is 2.51. The standard InChI is InChI=1S/C20H30N4O/c1-5-21-12-13-22-20(25)11-10-19-16(3)23-24(17(19)4)14-18-8-6-15(2)7-9-18/h6-9,21H,5,10-14H2,1-4H3,(H,22,25). The maximum Gasteiger partial charge on any atom is 0.220 e. The fraction of sp³-hybridized carbons (Fsp3) is 0.500. The summed E-state index contributed by atoms with van der Waals surface area (Å²) in [4.78, 5) is 12.0. The summed E-state index contributed by atoms with van der Waals surface area (Å²) in [6.45, 7) is 11.4. The Morgan fingerprint density at radius 1 is 1.12 bits per heavy atom. The quantitative estimate of drug-likeness (QED) is 0.689. The second-order valence-electron chi connectivity index (χ2n) is 6.50. The van der Waals surface area contributed by atoms with Crippen LogP contribution in [-0.4, -0.2) is 35.3 Å². The third kappa shape index (κ3) is 5.71. The lowest BCUT2D eigenvalue weighted by Crippen LogP contribution is -2.31. The van der Waals surface area contributed by atoms with E-state index >= 15 is 0 Å². The number of carbonyl (C=O) groups excluding carboxylic acids is 1. The maximum atomic E-state index is 12.0. The minimum Gasteiger partial charge on any atom is -0.355 e. The van der Waals surface area contributed by atoms with Crippen molar-refractivity contribution in [2.45, 2.75) is 47.1 Å². The Balaban J connectivity index is 1.92. The second kappa shape index (κ2) is 9.37. The van der Waals surface area contributed by atoms with Crippen LogP contribution in [0.2, 0.25) is 0 Å². The molecule has 0 radical (unpaired) electrons. The van der Waals surface area contributed by atoms with Crippen LogP contribution in [0, 0.1) is 20.8 Å². The number of likely N-dealkylation sites (N-methyl/N-ethyl adjacent to an activating group) is 1. The van der Waals surface area contributed by atoms with E-state index in [0.29, 0.717) is 13.0 Å². The van der Waals surface area contributed by atoms with Crippen LogP contribution in [0.1, 0.15) is 41.4 Å². The maximum absolute atomic E-state index is 12.0. The van der Waals surface area contributed by atoms with Gasteiger partial charge in [-0.1, -0.05) is 36.8 Å². The zero-order valence-electron chi connectivity index (χ0n) is 15.9. The molecule has 2 N–H and O–H groups in total. The van der Waals surface area contributed by atoms with E-state index in [2.05, 4.69) is 60.8 Å². The third-order valence-electron chi connectivity index (χ3n) is 4.46. The molecule has 1 heterocycles. The monoisotopic (exact) mass is 342 g/mol. The Labute approximate surface area is 150 Å².